The van der Waals surface area contributed by atoms with E-state index in [0.29, 0.717) is 13.2 Å². The average Bonchev–Trinajstić information content (AvgIpc) is 2.64. The van der Waals surface area contributed by atoms with Gasteiger partial charge in [-0.3, -0.25) is 0 Å². The van der Waals surface area contributed by atoms with Crippen molar-refractivity contribution in [2.24, 2.45) is 0 Å². The zero-order valence-corrected chi connectivity index (χ0v) is 8.97. The van der Waals surface area contributed by atoms with E-state index in [0.717, 1.165) is 13.0 Å². The van der Waals surface area contributed by atoms with E-state index in [9.17, 15) is 4.79 Å². The van der Waals surface area contributed by atoms with Crippen LogP contribution in [-0.4, -0.2) is 24.1 Å². The van der Waals surface area contributed by atoms with Gasteiger partial charge in [-0.15, -0.1) is 11.3 Å². The van der Waals surface area contributed by atoms with Gasteiger partial charge in [-0.1, -0.05) is 0 Å². The first-order chi connectivity index (χ1) is 6.81. The van der Waals surface area contributed by atoms with E-state index in [1.807, 2.05) is 6.92 Å². The lowest BCUT2D eigenvalue weighted by Crippen LogP contribution is -2.35. The number of rotatable bonds is 1. The summed E-state index contributed by atoms with van der Waals surface area (Å²) in [7, 11) is 0. The largest absolute Gasteiger partial charge is 0.450 e. The molecule has 0 aromatic carbocycles. The number of fused-ring (bicyclic) bond motifs is 1. The lowest BCUT2D eigenvalue weighted by Gasteiger charge is -2.25. The Morgan fingerprint density at radius 3 is 3.36 bits per heavy atom. The summed E-state index contributed by atoms with van der Waals surface area (Å²) in [5.41, 5.74) is 1.27. The van der Waals surface area contributed by atoms with Crippen LogP contribution in [0.5, 0.6) is 0 Å². The zero-order chi connectivity index (χ0) is 9.97. The molecule has 1 aliphatic heterocycles. The van der Waals surface area contributed by atoms with E-state index in [1.54, 1.807) is 16.2 Å². The maximum Gasteiger partial charge on any atom is 0.410 e. The summed E-state index contributed by atoms with van der Waals surface area (Å²) in [5, 5.41) is 2.08. The van der Waals surface area contributed by atoms with Crippen LogP contribution < -0.4 is 0 Å². The first-order valence-corrected chi connectivity index (χ1v) is 5.66. The van der Waals surface area contributed by atoms with Crippen molar-refractivity contribution >= 4 is 17.4 Å². The van der Waals surface area contributed by atoms with Gasteiger partial charge < -0.3 is 9.64 Å². The van der Waals surface area contributed by atoms with Crippen LogP contribution in [0.2, 0.25) is 0 Å². The Morgan fingerprint density at radius 1 is 1.71 bits per heavy atom. The minimum atomic E-state index is -0.190. The smallest absolute Gasteiger partial charge is 0.410 e. The molecular formula is C10H13NO2S. The zero-order valence-electron chi connectivity index (χ0n) is 8.16. The average molecular weight is 211 g/mol. The maximum atomic E-state index is 11.4. The second-order valence-electron chi connectivity index (χ2n) is 3.24. The Hall–Kier alpha value is -1.03. The van der Waals surface area contributed by atoms with Gasteiger partial charge in [0.15, 0.2) is 0 Å². The Kier molecular flexibility index (Phi) is 2.72. The van der Waals surface area contributed by atoms with Crippen molar-refractivity contribution in [3.8, 4) is 0 Å². The second kappa shape index (κ2) is 4.00. The van der Waals surface area contributed by atoms with E-state index >= 15 is 0 Å². The minimum absolute atomic E-state index is 0.190. The number of ether oxygens (including phenoxy) is 1. The molecule has 0 saturated heterocycles. The van der Waals surface area contributed by atoms with Crippen molar-refractivity contribution in [2.75, 3.05) is 13.2 Å². The van der Waals surface area contributed by atoms with Crippen molar-refractivity contribution in [1.82, 2.24) is 4.90 Å². The fraction of sp³-hybridized carbons (Fsp3) is 0.500. The molecule has 76 valence electrons. The van der Waals surface area contributed by atoms with Gasteiger partial charge in [0.25, 0.3) is 0 Å². The van der Waals surface area contributed by atoms with Crippen LogP contribution in [0.4, 0.5) is 4.79 Å². The molecule has 0 aliphatic carbocycles. The Balaban J connectivity index is 2.04. The predicted molar refractivity (Wildman–Crippen MR) is 55.5 cm³/mol. The van der Waals surface area contributed by atoms with Crippen LogP contribution in [0, 0.1) is 0 Å². The van der Waals surface area contributed by atoms with Crippen molar-refractivity contribution in [3.63, 3.8) is 0 Å². The molecule has 2 heterocycles. The summed E-state index contributed by atoms with van der Waals surface area (Å²) in [6.45, 7) is 3.77. The standard InChI is InChI=1S/C10H13NO2S/c1-2-13-10(12)11-5-3-9-8(7-11)4-6-14-9/h4,6H,2-3,5,7H2,1H3. The molecule has 3 nitrogen and oxygen atoms in total. The van der Waals surface area contributed by atoms with Gasteiger partial charge in [-0.25, -0.2) is 4.79 Å². The molecule has 0 saturated carbocycles. The molecule has 0 unspecified atom stereocenters. The number of amides is 1. The molecule has 0 N–H and O–H groups in total. The van der Waals surface area contributed by atoms with Gasteiger partial charge in [0.2, 0.25) is 0 Å². The fourth-order valence-electron chi connectivity index (χ4n) is 1.62. The highest BCUT2D eigenvalue weighted by molar-refractivity contribution is 7.10. The number of hydrogen-bond donors (Lipinski definition) is 0. The van der Waals surface area contributed by atoms with E-state index in [-0.39, 0.29) is 6.09 Å². The molecule has 1 aromatic heterocycles. The minimum Gasteiger partial charge on any atom is -0.450 e. The lowest BCUT2D eigenvalue weighted by molar-refractivity contribution is 0.103. The first kappa shape index (κ1) is 9.52. The molecule has 1 amide bonds. The molecule has 0 fully saturated rings. The third kappa shape index (κ3) is 1.75. The maximum absolute atomic E-state index is 11.4. The number of carbonyl (C=O) groups is 1. The first-order valence-electron chi connectivity index (χ1n) is 4.78. The summed E-state index contributed by atoms with van der Waals surface area (Å²) in [6, 6.07) is 2.09. The SMILES string of the molecule is CCOC(=O)N1CCc2sccc2C1. The summed E-state index contributed by atoms with van der Waals surface area (Å²) in [4.78, 5) is 14.6. The molecule has 4 heteroatoms. The number of nitrogens with zero attached hydrogens (tertiary/aromatic N) is 1. The summed E-state index contributed by atoms with van der Waals surface area (Å²) < 4.78 is 4.96. The molecular weight excluding hydrogens is 198 g/mol. The van der Waals surface area contributed by atoms with Crippen LogP contribution in [0.3, 0.4) is 0 Å². The van der Waals surface area contributed by atoms with Gasteiger partial charge in [0.05, 0.1) is 13.2 Å². The van der Waals surface area contributed by atoms with Crippen molar-refractivity contribution in [2.45, 2.75) is 19.9 Å². The number of carbonyl (C=O) groups excluding carboxylic acids is 1. The van der Waals surface area contributed by atoms with E-state index < -0.39 is 0 Å². The highest BCUT2D eigenvalue weighted by Crippen LogP contribution is 2.24. The highest BCUT2D eigenvalue weighted by Gasteiger charge is 2.21. The molecule has 1 aromatic rings. The van der Waals surface area contributed by atoms with Crippen LogP contribution >= 0.6 is 11.3 Å². The predicted octanol–water partition coefficient (Wildman–Crippen LogP) is 2.26. The van der Waals surface area contributed by atoms with Crippen LogP contribution in [0.1, 0.15) is 17.4 Å². The van der Waals surface area contributed by atoms with Gasteiger partial charge in [0.1, 0.15) is 0 Å². The van der Waals surface area contributed by atoms with E-state index in [4.69, 9.17) is 4.74 Å². The highest BCUT2D eigenvalue weighted by atomic mass is 32.1. The topological polar surface area (TPSA) is 29.5 Å². The fourth-order valence-corrected chi connectivity index (χ4v) is 2.51. The van der Waals surface area contributed by atoms with Crippen LogP contribution in [0.15, 0.2) is 11.4 Å². The molecule has 0 atom stereocenters. The van der Waals surface area contributed by atoms with Gasteiger partial charge >= 0.3 is 6.09 Å². The van der Waals surface area contributed by atoms with Gasteiger partial charge in [0, 0.05) is 11.4 Å². The second-order valence-corrected chi connectivity index (χ2v) is 4.24. The third-order valence-corrected chi connectivity index (χ3v) is 3.36. The Bertz CT molecular complexity index is 335. The lowest BCUT2D eigenvalue weighted by atomic mass is 10.1. The summed E-state index contributed by atoms with van der Waals surface area (Å²) in [6.07, 6.45) is 0.774. The Labute approximate surface area is 87.3 Å². The summed E-state index contributed by atoms with van der Waals surface area (Å²) in [5.74, 6) is 0. The normalized spacial score (nSPS) is 15.1. The molecule has 0 radical (unpaired) electrons. The molecule has 0 spiro atoms. The van der Waals surface area contributed by atoms with Gasteiger partial charge in [-0.2, -0.15) is 0 Å². The van der Waals surface area contributed by atoms with E-state index in [2.05, 4.69) is 11.4 Å². The number of hydrogen-bond acceptors (Lipinski definition) is 3. The molecule has 1 aliphatic rings. The Morgan fingerprint density at radius 2 is 2.57 bits per heavy atom. The van der Waals surface area contributed by atoms with Crippen molar-refractivity contribution in [3.05, 3.63) is 21.9 Å². The van der Waals surface area contributed by atoms with Crippen molar-refractivity contribution < 1.29 is 9.53 Å². The molecule has 14 heavy (non-hydrogen) atoms. The summed E-state index contributed by atoms with van der Waals surface area (Å²) >= 11 is 1.77. The van der Waals surface area contributed by atoms with Crippen LogP contribution in [-0.2, 0) is 17.7 Å². The monoisotopic (exact) mass is 211 g/mol. The molecule has 2 rings (SSSR count). The number of thiophene rings is 1. The quantitative estimate of drug-likeness (QED) is 0.713. The molecule has 0 bridgehead atoms. The van der Waals surface area contributed by atoms with Crippen molar-refractivity contribution in [1.29, 1.82) is 0 Å². The van der Waals surface area contributed by atoms with E-state index in [1.165, 1.54) is 10.4 Å². The van der Waals surface area contributed by atoms with Gasteiger partial charge in [-0.05, 0) is 30.4 Å². The van der Waals surface area contributed by atoms with Crippen LogP contribution in [0.25, 0.3) is 0 Å². The third-order valence-electron chi connectivity index (χ3n) is 2.33.